The Hall–Kier alpha value is -1.09. The predicted octanol–water partition coefficient (Wildman–Crippen LogP) is 1.88. The van der Waals surface area contributed by atoms with Crippen molar-refractivity contribution < 1.29 is 9.84 Å². The van der Waals surface area contributed by atoms with E-state index in [9.17, 15) is 5.11 Å². The lowest BCUT2D eigenvalue weighted by Gasteiger charge is -2.23. The molecule has 3 heteroatoms. The number of hydrogen-bond donors (Lipinski definition) is 1. The van der Waals surface area contributed by atoms with Crippen LogP contribution >= 0.6 is 0 Å². The van der Waals surface area contributed by atoms with Crippen LogP contribution in [0, 0.1) is 0 Å². The molecule has 0 radical (unpaired) electrons. The number of ether oxygens (including phenoxy) is 1. The Bertz CT molecular complexity index is 293. The summed E-state index contributed by atoms with van der Waals surface area (Å²) in [5.74, 6) is 0.788. The van der Waals surface area contributed by atoms with Gasteiger partial charge in [-0.1, -0.05) is 20.8 Å². The lowest BCUT2D eigenvalue weighted by molar-refractivity contribution is 0.271. The molecule has 1 N–H and O–H groups in total. The topological polar surface area (TPSA) is 42.4 Å². The molecule has 0 saturated carbocycles. The van der Waals surface area contributed by atoms with Crippen LogP contribution in [-0.2, 0) is 12.0 Å². The van der Waals surface area contributed by atoms with Crippen molar-refractivity contribution in [3.8, 4) is 5.75 Å². The summed E-state index contributed by atoms with van der Waals surface area (Å²) in [6.07, 6.45) is 1.65. The maximum atomic E-state index is 9.18. The Morgan fingerprint density at radius 1 is 1.43 bits per heavy atom. The summed E-state index contributed by atoms with van der Waals surface area (Å²) in [7, 11) is 1.63. The smallest absolute Gasteiger partial charge is 0.126 e. The minimum atomic E-state index is -0.0718. The van der Waals surface area contributed by atoms with Gasteiger partial charge in [-0.2, -0.15) is 0 Å². The molecule has 3 nitrogen and oxygen atoms in total. The van der Waals surface area contributed by atoms with E-state index in [2.05, 4.69) is 25.8 Å². The SMILES string of the molecule is COc1ccnc(CO)c1C(C)(C)C. The molecular weight excluding hydrogens is 178 g/mol. The van der Waals surface area contributed by atoms with Gasteiger partial charge in [-0.25, -0.2) is 0 Å². The Kier molecular flexibility index (Phi) is 3.11. The molecule has 0 amide bonds. The highest BCUT2D eigenvalue weighted by molar-refractivity contribution is 5.40. The zero-order chi connectivity index (χ0) is 10.8. The van der Waals surface area contributed by atoms with Crippen LogP contribution in [0.25, 0.3) is 0 Å². The molecule has 1 rings (SSSR count). The number of nitrogens with zero attached hydrogens (tertiary/aromatic N) is 1. The average molecular weight is 195 g/mol. The third kappa shape index (κ3) is 2.04. The van der Waals surface area contributed by atoms with Gasteiger partial charge in [0.2, 0.25) is 0 Å². The van der Waals surface area contributed by atoms with E-state index < -0.39 is 0 Å². The third-order valence-corrected chi connectivity index (χ3v) is 2.11. The van der Waals surface area contributed by atoms with E-state index in [0.29, 0.717) is 5.69 Å². The zero-order valence-electron chi connectivity index (χ0n) is 9.16. The van der Waals surface area contributed by atoms with Crippen molar-refractivity contribution in [2.24, 2.45) is 0 Å². The summed E-state index contributed by atoms with van der Waals surface area (Å²) in [6.45, 7) is 6.17. The average Bonchev–Trinajstić information content (AvgIpc) is 2.15. The second kappa shape index (κ2) is 3.96. The Labute approximate surface area is 84.7 Å². The first-order valence-electron chi connectivity index (χ1n) is 4.64. The van der Waals surface area contributed by atoms with Gasteiger partial charge < -0.3 is 9.84 Å². The normalized spacial score (nSPS) is 11.5. The van der Waals surface area contributed by atoms with E-state index in [1.165, 1.54) is 0 Å². The summed E-state index contributed by atoms with van der Waals surface area (Å²) in [5.41, 5.74) is 1.60. The van der Waals surface area contributed by atoms with Gasteiger partial charge in [-0.15, -0.1) is 0 Å². The minimum absolute atomic E-state index is 0.0518. The molecule has 1 aromatic rings. The van der Waals surface area contributed by atoms with Gasteiger partial charge >= 0.3 is 0 Å². The molecule has 0 aromatic carbocycles. The summed E-state index contributed by atoms with van der Waals surface area (Å²) in [6, 6.07) is 1.82. The monoisotopic (exact) mass is 195 g/mol. The fourth-order valence-corrected chi connectivity index (χ4v) is 1.58. The first kappa shape index (κ1) is 11.0. The molecule has 0 aliphatic rings. The van der Waals surface area contributed by atoms with Crippen LogP contribution < -0.4 is 4.74 Å². The second-order valence-electron chi connectivity index (χ2n) is 4.24. The number of rotatable bonds is 2. The van der Waals surface area contributed by atoms with Crippen molar-refractivity contribution in [1.29, 1.82) is 0 Å². The lowest BCUT2D eigenvalue weighted by Crippen LogP contribution is -2.17. The van der Waals surface area contributed by atoms with Crippen LogP contribution in [0.5, 0.6) is 5.75 Å². The van der Waals surface area contributed by atoms with Crippen molar-refractivity contribution in [1.82, 2.24) is 4.98 Å². The number of pyridine rings is 1. The van der Waals surface area contributed by atoms with E-state index in [-0.39, 0.29) is 12.0 Å². The standard InChI is InChI=1S/C11H17NO2/c1-11(2,3)10-8(7-13)12-6-5-9(10)14-4/h5-6,13H,7H2,1-4H3. The van der Waals surface area contributed by atoms with E-state index in [4.69, 9.17) is 4.74 Å². The fourth-order valence-electron chi connectivity index (χ4n) is 1.58. The van der Waals surface area contributed by atoms with Crippen molar-refractivity contribution >= 4 is 0 Å². The molecule has 14 heavy (non-hydrogen) atoms. The molecule has 0 spiro atoms. The summed E-state index contributed by atoms with van der Waals surface area (Å²) in [5, 5.41) is 9.18. The molecule has 0 saturated heterocycles. The lowest BCUT2D eigenvalue weighted by atomic mass is 9.85. The molecule has 78 valence electrons. The van der Waals surface area contributed by atoms with E-state index in [1.807, 2.05) is 6.07 Å². The first-order valence-corrected chi connectivity index (χ1v) is 4.64. The molecule has 0 fully saturated rings. The van der Waals surface area contributed by atoms with Gasteiger partial charge in [0.05, 0.1) is 19.4 Å². The molecule has 1 aromatic heterocycles. The Balaban J connectivity index is 3.34. The number of aliphatic hydroxyl groups is 1. The summed E-state index contributed by atoms with van der Waals surface area (Å²) in [4.78, 5) is 4.14. The van der Waals surface area contributed by atoms with Gasteiger partial charge in [0, 0.05) is 11.8 Å². The molecule has 0 aliphatic heterocycles. The van der Waals surface area contributed by atoms with Gasteiger partial charge in [-0.05, 0) is 11.5 Å². The maximum absolute atomic E-state index is 9.18. The largest absolute Gasteiger partial charge is 0.496 e. The number of aromatic nitrogens is 1. The van der Waals surface area contributed by atoms with Crippen LogP contribution in [0.2, 0.25) is 0 Å². The van der Waals surface area contributed by atoms with Gasteiger partial charge in [0.1, 0.15) is 5.75 Å². The van der Waals surface area contributed by atoms with Crippen LogP contribution in [0.3, 0.4) is 0 Å². The van der Waals surface area contributed by atoms with Crippen molar-refractivity contribution in [2.45, 2.75) is 32.8 Å². The van der Waals surface area contributed by atoms with Crippen molar-refractivity contribution in [3.63, 3.8) is 0 Å². The zero-order valence-corrected chi connectivity index (χ0v) is 9.16. The maximum Gasteiger partial charge on any atom is 0.126 e. The second-order valence-corrected chi connectivity index (χ2v) is 4.24. The van der Waals surface area contributed by atoms with E-state index in [0.717, 1.165) is 11.3 Å². The van der Waals surface area contributed by atoms with Crippen LogP contribution in [-0.4, -0.2) is 17.2 Å². The molecule has 1 heterocycles. The first-order chi connectivity index (χ1) is 6.50. The minimum Gasteiger partial charge on any atom is -0.496 e. The van der Waals surface area contributed by atoms with Crippen molar-refractivity contribution in [2.75, 3.05) is 7.11 Å². The van der Waals surface area contributed by atoms with Gasteiger partial charge in [0.25, 0.3) is 0 Å². The number of hydrogen-bond acceptors (Lipinski definition) is 3. The van der Waals surface area contributed by atoms with Crippen LogP contribution in [0.1, 0.15) is 32.0 Å². The highest BCUT2D eigenvalue weighted by Crippen LogP contribution is 2.32. The molecule has 0 unspecified atom stereocenters. The predicted molar refractivity (Wildman–Crippen MR) is 55.4 cm³/mol. The van der Waals surface area contributed by atoms with E-state index in [1.54, 1.807) is 13.3 Å². The fraction of sp³-hybridized carbons (Fsp3) is 0.545. The molecule has 0 bridgehead atoms. The molecular formula is C11H17NO2. The van der Waals surface area contributed by atoms with Gasteiger partial charge in [0.15, 0.2) is 0 Å². The molecule has 0 atom stereocenters. The third-order valence-electron chi connectivity index (χ3n) is 2.11. The number of methoxy groups -OCH3 is 1. The van der Waals surface area contributed by atoms with E-state index >= 15 is 0 Å². The molecule has 0 aliphatic carbocycles. The highest BCUT2D eigenvalue weighted by Gasteiger charge is 2.22. The number of aliphatic hydroxyl groups excluding tert-OH is 1. The Morgan fingerprint density at radius 2 is 2.07 bits per heavy atom. The summed E-state index contributed by atoms with van der Waals surface area (Å²) >= 11 is 0. The highest BCUT2D eigenvalue weighted by atomic mass is 16.5. The van der Waals surface area contributed by atoms with Crippen molar-refractivity contribution in [3.05, 3.63) is 23.5 Å². The van der Waals surface area contributed by atoms with Crippen LogP contribution in [0.15, 0.2) is 12.3 Å². The van der Waals surface area contributed by atoms with Gasteiger partial charge in [-0.3, -0.25) is 4.98 Å². The summed E-state index contributed by atoms with van der Waals surface area (Å²) < 4.78 is 5.26. The quantitative estimate of drug-likeness (QED) is 0.783. The van der Waals surface area contributed by atoms with Crippen LogP contribution in [0.4, 0.5) is 0 Å². The Morgan fingerprint density at radius 3 is 2.50 bits per heavy atom.